The molecule has 1 amide bonds. The van der Waals surface area contributed by atoms with E-state index in [1.807, 2.05) is 20.2 Å². The van der Waals surface area contributed by atoms with Crippen molar-refractivity contribution in [2.75, 3.05) is 0 Å². The summed E-state index contributed by atoms with van der Waals surface area (Å²) in [4.78, 5) is 8.58. The van der Waals surface area contributed by atoms with Gasteiger partial charge in [-0.25, -0.2) is 0 Å². The fraction of sp³-hybridized carbons (Fsp3) is 0.667. The molecule has 19 heavy (non-hydrogen) atoms. The topological polar surface area (TPSA) is 79.4 Å². The Morgan fingerprint density at radius 3 is 2.05 bits per heavy atom. The third-order valence-electron chi connectivity index (χ3n) is 3.56. The van der Waals surface area contributed by atoms with Gasteiger partial charge in [-0.1, -0.05) is 0 Å². The van der Waals surface area contributed by atoms with E-state index in [0.717, 1.165) is 11.2 Å². The van der Waals surface area contributed by atoms with Crippen molar-refractivity contribution in [1.29, 1.82) is 0 Å². The highest BCUT2D eigenvalue weighted by atomic mass is 16.7. The van der Waals surface area contributed by atoms with Gasteiger partial charge in [0.2, 0.25) is 6.41 Å². The Balaban J connectivity index is 0.000000550. The molecule has 2 heterocycles. The van der Waals surface area contributed by atoms with E-state index in [-0.39, 0.29) is 24.7 Å². The molecule has 1 aromatic rings. The van der Waals surface area contributed by atoms with Crippen LogP contribution in [0.1, 0.15) is 33.4 Å². The summed E-state index contributed by atoms with van der Waals surface area (Å²) >= 11 is 0. The third kappa shape index (κ3) is 3.16. The van der Waals surface area contributed by atoms with Crippen LogP contribution in [0.25, 0.3) is 0 Å². The summed E-state index contributed by atoms with van der Waals surface area (Å²) in [5.41, 5.74) is 5.56. The number of aromatic nitrogens is 2. The average molecular weight is 267 g/mol. The maximum Gasteiger partial charge on any atom is 0.498 e. The van der Waals surface area contributed by atoms with Crippen LogP contribution < -0.4 is 11.2 Å². The first kappa shape index (κ1) is 15.7. The molecule has 0 unspecified atom stereocenters. The van der Waals surface area contributed by atoms with Gasteiger partial charge in [0.05, 0.1) is 16.9 Å². The molecule has 0 bridgehead atoms. The largest absolute Gasteiger partial charge is 0.498 e. The first-order valence-corrected chi connectivity index (χ1v) is 6.16. The van der Waals surface area contributed by atoms with E-state index >= 15 is 0 Å². The van der Waals surface area contributed by atoms with E-state index in [4.69, 9.17) is 14.1 Å². The quantitative estimate of drug-likeness (QED) is 0.579. The zero-order valence-corrected chi connectivity index (χ0v) is 12.4. The second-order valence-electron chi connectivity index (χ2n) is 5.57. The van der Waals surface area contributed by atoms with Crippen LogP contribution in [0.3, 0.4) is 0 Å². The van der Waals surface area contributed by atoms with Crippen molar-refractivity contribution < 1.29 is 14.1 Å². The number of nitrogens with two attached hydrogens (primary N) is 1. The lowest BCUT2D eigenvalue weighted by Crippen LogP contribution is -2.41. The molecule has 1 aliphatic heterocycles. The monoisotopic (exact) mass is 267 g/mol. The van der Waals surface area contributed by atoms with Gasteiger partial charge in [-0.15, -0.1) is 0 Å². The minimum Gasteiger partial charge on any atom is -0.399 e. The number of hydrogen-bond donors (Lipinski definition) is 1. The van der Waals surface area contributed by atoms with Gasteiger partial charge in [-0.05, 0) is 34.6 Å². The Morgan fingerprint density at radius 1 is 1.32 bits per heavy atom. The number of aryl methyl sites for hydroxylation is 2. The van der Waals surface area contributed by atoms with Crippen LogP contribution in [-0.2, 0) is 21.2 Å². The molecule has 0 aromatic carbocycles. The molecule has 0 spiro atoms. The summed E-state index contributed by atoms with van der Waals surface area (Å²) in [6.07, 6.45) is 2.21. The maximum absolute atomic E-state index is 8.58. The summed E-state index contributed by atoms with van der Waals surface area (Å²) in [5.74, 6) is 0. The zero-order valence-electron chi connectivity index (χ0n) is 12.4. The molecule has 7 heteroatoms. The maximum atomic E-state index is 8.58. The first-order valence-electron chi connectivity index (χ1n) is 6.16. The standard InChI is InChI=1S/C11H19BN2O2.CH3NO/c1-8-9(7-14(6)13-8)12-15-10(2,3)11(4,5)16-12;2-1-3/h7H,1-6H3;1H,(H2,2,3). The van der Waals surface area contributed by atoms with Crippen molar-refractivity contribution in [2.24, 2.45) is 12.8 Å². The summed E-state index contributed by atoms with van der Waals surface area (Å²) in [6.45, 7) is 10.2. The molecule has 0 aliphatic carbocycles. The lowest BCUT2D eigenvalue weighted by Gasteiger charge is -2.32. The molecule has 0 saturated carbocycles. The number of primary amides is 1. The number of amides is 1. The normalized spacial score (nSPS) is 19.8. The molecule has 1 fully saturated rings. The van der Waals surface area contributed by atoms with Crippen molar-refractivity contribution in [1.82, 2.24) is 9.78 Å². The van der Waals surface area contributed by atoms with Crippen molar-refractivity contribution >= 4 is 19.0 Å². The molecule has 1 saturated heterocycles. The fourth-order valence-corrected chi connectivity index (χ4v) is 1.82. The Morgan fingerprint density at radius 2 is 1.74 bits per heavy atom. The highest BCUT2D eigenvalue weighted by Gasteiger charge is 2.52. The van der Waals surface area contributed by atoms with Gasteiger partial charge in [0.1, 0.15) is 0 Å². The Bertz CT molecular complexity index is 441. The molecule has 2 rings (SSSR count). The number of carbonyl (C=O) groups is 1. The number of nitrogens with zero attached hydrogens (tertiary/aromatic N) is 2. The molecule has 106 valence electrons. The van der Waals surface area contributed by atoms with E-state index in [1.54, 1.807) is 4.68 Å². The molecule has 0 atom stereocenters. The Labute approximate surface area is 114 Å². The predicted molar refractivity (Wildman–Crippen MR) is 73.9 cm³/mol. The van der Waals surface area contributed by atoms with Gasteiger partial charge in [0.25, 0.3) is 0 Å². The molecule has 6 nitrogen and oxygen atoms in total. The van der Waals surface area contributed by atoms with Crippen LogP contribution in [0.4, 0.5) is 0 Å². The van der Waals surface area contributed by atoms with Crippen molar-refractivity contribution in [2.45, 2.75) is 45.8 Å². The molecular formula is C12H22BN3O3. The Kier molecular flexibility index (Phi) is 4.42. The molecule has 1 aromatic heterocycles. The summed E-state index contributed by atoms with van der Waals surface area (Å²) in [7, 11) is 1.60. The van der Waals surface area contributed by atoms with E-state index in [1.165, 1.54) is 0 Å². The predicted octanol–water partition coefficient (Wildman–Crippen LogP) is 0.129. The van der Waals surface area contributed by atoms with Gasteiger partial charge >= 0.3 is 7.12 Å². The van der Waals surface area contributed by atoms with Crippen LogP contribution >= 0.6 is 0 Å². The lowest BCUT2D eigenvalue weighted by atomic mass is 9.79. The summed E-state index contributed by atoms with van der Waals surface area (Å²) in [5, 5.41) is 4.31. The van der Waals surface area contributed by atoms with Crippen LogP contribution in [-0.4, -0.2) is 34.5 Å². The van der Waals surface area contributed by atoms with E-state index in [2.05, 4.69) is 38.5 Å². The number of carbonyl (C=O) groups excluding carboxylic acids is 1. The van der Waals surface area contributed by atoms with Crippen LogP contribution in [0, 0.1) is 6.92 Å². The smallest absolute Gasteiger partial charge is 0.399 e. The third-order valence-corrected chi connectivity index (χ3v) is 3.56. The van der Waals surface area contributed by atoms with Gasteiger partial charge in [0, 0.05) is 18.7 Å². The number of hydrogen-bond acceptors (Lipinski definition) is 4. The zero-order chi connectivity index (χ0) is 14.8. The second kappa shape index (κ2) is 5.34. The highest BCUT2D eigenvalue weighted by Crippen LogP contribution is 2.36. The highest BCUT2D eigenvalue weighted by molar-refractivity contribution is 6.62. The van der Waals surface area contributed by atoms with Gasteiger partial charge in [-0.2, -0.15) is 5.10 Å². The van der Waals surface area contributed by atoms with Gasteiger partial charge < -0.3 is 15.0 Å². The minimum absolute atomic E-state index is 0.250. The SMILES string of the molecule is Cc1nn(C)cc1B1OC(C)(C)C(C)(C)O1.NC=O. The Hall–Kier alpha value is -1.34. The van der Waals surface area contributed by atoms with Crippen LogP contribution in [0.15, 0.2) is 6.20 Å². The van der Waals surface area contributed by atoms with E-state index in [0.29, 0.717) is 0 Å². The second-order valence-corrected chi connectivity index (χ2v) is 5.57. The van der Waals surface area contributed by atoms with Crippen molar-refractivity contribution in [3.8, 4) is 0 Å². The first-order chi connectivity index (χ1) is 8.64. The lowest BCUT2D eigenvalue weighted by molar-refractivity contribution is -0.106. The van der Waals surface area contributed by atoms with Gasteiger partial charge in [-0.3, -0.25) is 9.48 Å². The molecular weight excluding hydrogens is 245 g/mol. The van der Waals surface area contributed by atoms with Crippen LogP contribution in [0.2, 0.25) is 0 Å². The van der Waals surface area contributed by atoms with Crippen LogP contribution in [0.5, 0.6) is 0 Å². The molecule has 1 aliphatic rings. The number of rotatable bonds is 1. The summed E-state index contributed by atoms with van der Waals surface area (Å²) < 4.78 is 13.7. The van der Waals surface area contributed by atoms with Crippen molar-refractivity contribution in [3.05, 3.63) is 11.9 Å². The molecule has 2 N–H and O–H groups in total. The molecule has 0 radical (unpaired) electrons. The average Bonchev–Trinajstić information content (AvgIpc) is 2.66. The van der Waals surface area contributed by atoms with E-state index < -0.39 is 0 Å². The van der Waals surface area contributed by atoms with Crippen molar-refractivity contribution in [3.63, 3.8) is 0 Å². The summed E-state index contributed by atoms with van der Waals surface area (Å²) in [6, 6.07) is 0. The fourth-order valence-electron chi connectivity index (χ4n) is 1.82. The van der Waals surface area contributed by atoms with Gasteiger partial charge in [0.15, 0.2) is 0 Å². The minimum atomic E-state index is -0.307. The van der Waals surface area contributed by atoms with E-state index in [9.17, 15) is 0 Å².